The molecular formula is C17H22O4. The van der Waals surface area contributed by atoms with Crippen LogP contribution in [0.15, 0.2) is 23.8 Å². The first-order valence-corrected chi connectivity index (χ1v) is 7.44. The third-order valence-corrected chi connectivity index (χ3v) is 4.26. The molecule has 4 heteroatoms. The average molecular weight is 290 g/mol. The molecule has 3 rings (SSSR count). The molecule has 0 N–H and O–H groups in total. The van der Waals surface area contributed by atoms with Crippen molar-refractivity contribution in [2.45, 2.75) is 31.5 Å². The highest BCUT2D eigenvalue weighted by molar-refractivity contribution is 5.62. The summed E-state index contributed by atoms with van der Waals surface area (Å²) < 4.78 is 22.3. The van der Waals surface area contributed by atoms with E-state index in [-0.39, 0.29) is 5.79 Å². The molecule has 1 spiro atoms. The second-order valence-corrected chi connectivity index (χ2v) is 5.52. The lowest BCUT2D eigenvalue weighted by molar-refractivity contribution is -0.171. The van der Waals surface area contributed by atoms with Crippen molar-refractivity contribution < 1.29 is 18.9 Å². The fourth-order valence-corrected chi connectivity index (χ4v) is 3.05. The highest BCUT2D eigenvalue weighted by Gasteiger charge is 2.38. The maximum Gasteiger partial charge on any atom is 0.169 e. The van der Waals surface area contributed by atoms with Crippen molar-refractivity contribution in [3.05, 3.63) is 29.3 Å². The summed E-state index contributed by atoms with van der Waals surface area (Å²) in [7, 11) is 3.37. The first-order chi connectivity index (χ1) is 10.2. The minimum absolute atomic E-state index is 0.310. The van der Waals surface area contributed by atoms with Crippen LogP contribution in [0.4, 0.5) is 0 Å². The summed E-state index contributed by atoms with van der Waals surface area (Å²) in [6.07, 6.45) is 6.08. The summed E-state index contributed by atoms with van der Waals surface area (Å²) in [5.74, 6) is 1.41. The van der Waals surface area contributed by atoms with Crippen molar-refractivity contribution in [1.29, 1.82) is 0 Å². The highest BCUT2D eigenvalue weighted by atomic mass is 16.7. The van der Waals surface area contributed by atoms with Gasteiger partial charge >= 0.3 is 0 Å². The van der Waals surface area contributed by atoms with Gasteiger partial charge in [0.05, 0.1) is 27.4 Å². The van der Waals surface area contributed by atoms with Crippen LogP contribution in [0.2, 0.25) is 0 Å². The molecular weight excluding hydrogens is 268 g/mol. The molecule has 4 nitrogen and oxygen atoms in total. The molecule has 0 aromatic heterocycles. The normalized spacial score (nSPS) is 20.6. The molecule has 2 fully saturated rings. The fraction of sp³-hybridized carbons (Fsp3) is 0.529. The molecule has 0 atom stereocenters. The third kappa shape index (κ3) is 3.06. The van der Waals surface area contributed by atoms with Gasteiger partial charge in [0.2, 0.25) is 0 Å². The largest absolute Gasteiger partial charge is 0.497 e. The van der Waals surface area contributed by atoms with E-state index in [9.17, 15) is 0 Å². The number of hydrogen-bond donors (Lipinski definition) is 0. The van der Waals surface area contributed by atoms with Crippen LogP contribution in [-0.2, 0) is 9.47 Å². The number of benzene rings is 1. The van der Waals surface area contributed by atoms with Gasteiger partial charge in [0, 0.05) is 18.4 Å². The summed E-state index contributed by atoms with van der Waals surface area (Å²) in [6.45, 7) is 1.45. The molecule has 21 heavy (non-hydrogen) atoms. The van der Waals surface area contributed by atoms with Gasteiger partial charge in [0.1, 0.15) is 11.5 Å². The smallest absolute Gasteiger partial charge is 0.169 e. The number of allylic oxidation sites excluding steroid dienone is 1. The fourth-order valence-electron chi connectivity index (χ4n) is 3.05. The standard InChI is InChI=1S/C17H22O4/c1-18-15-3-4-16(19-2)14(12-15)11-13-5-7-17(8-6-13)20-9-10-21-17/h3-4,11-12H,5-10H2,1-2H3. The summed E-state index contributed by atoms with van der Waals surface area (Å²) >= 11 is 0. The zero-order valence-electron chi connectivity index (χ0n) is 12.7. The van der Waals surface area contributed by atoms with E-state index in [1.807, 2.05) is 18.2 Å². The zero-order valence-corrected chi connectivity index (χ0v) is 12.7. The molecule has 1 saturated heterocycles. The van der Waals surface area contributed by atoms with Crippen molar-refractivity contribution >= 4 is 6.08 Å². The minimum Gasteiger partial charge on any atom is -0.497 e. The predicted molar refractivity (Wildman–Crippen MR) is 80.6 cm³/mol. The van der Waals surface area contributed by atoms with Crippen LogP contribution in [0.3, 0.4) is 0 Å². The van der Waals surface area contributed by atoms with Crippen LogP contribution >= 0.6 is 0 Å². The predicted octanol–water partition coefficient (Wildman–Crippen LogP) is 3.40. The van der Waals surface area contributed by atoms with Crippen molar-refractivity contribution in [1.82, 2.24) is 0 Å². The van der Waals surface area contributed by atoms with E-state index in [1.165, 1.54) is 5.57 Å². The Morgan fingerprint density at radius 3 is 2.38 bits per heavy atom. The van der Waals surface area contributed by atoms with E-state index in [0.29, 0.717) is 0 Å². The van der Waals surface area contributed by atoms with Crippen LogP contribution in [0, 0.1) is 0 Å². The zero-order chi connectivity index (χ0) is 14.7. The maximum atomic E-state index is 5.77. The third-order valence-electron chi connectivity index (χ3n) is 4.26. The SMILES string of the molecule is COc1ccc(OC)c(C=C2CCC3(CC2)OCCO3)c1. The van der Waals surface area contributed by atoms with Crippen LogP contribution < -0.4 is 9.47 Å². The van der Waals surface area contributed by atoms with Gasteiger partial charge in [-0.3, -0.25) is 0 Å². The Bertz CT molecular complexity index is 518. The first-order valence-electron chi connectivity index (χ1n) is 7.44. The van der Waals surface area contributed by atoms with Gasteiger partial charge in [-0.15, -0.1) is 0 Å². The molecule has 114 valence electrons. The van der Waals surface area contributed by atoms with Crippen LogP contribution in [0.1, 0.15) is 31.2 Å². The van der Waals surface area contributed by atoms with Crippen molar-refractivity contribution in [2.24, 2.45) is 0 Å². The molecule has 0 amide bonds. The molecule has 0 unspecified atom stereocenters. The monoisotopic (exact) mass is 290 g/mol. The number of hydrogen-bond acceptors (Lipinski definition) is 4. The minimum atomic E-state index is -0.310. The molecule has 0 radical (unpaired) electrons. The van der Waals surface area contributed by atoms with Crippen LogP contribution in [0.25, 0.3) is 6.08 Å². The second kappa shape index (κ2) is 6.08. The molecule has 1 aromatic rings. The molecule has 2 aliphatic rings. The van der Waals surface area contributed by atoms with Crippen molar-refractivity contribution in [2.75, 3.05) is 27.4 Å². The molecule has 1 heterocycles. The van der Waals surface area contributed by atoms with Gasteiger partial charge in [0.25, 0.3) is 0 Å². The quantitative estimate of drug-likeness (QED) is 0.855. The molecule has 1 aliphatic heterocycles. The van der Waals surface area contributed by atoms with Gasteiger partial charge < -0.3 is 18.9 Å². The van der Waals surface area contributed by atoms with E-state index in [2.05, 4.69) is 6.08 Å². The Morgan fingerprint density at radius 1 is 1.05 bits per heavy atom. The van der Waals surface area contributed by atoms with E-state index in [4.69, 9.17) is 18.9 Å². The first kappa shape index (κ1) is 14.4. The topological polar surface area (TPSA) is 36.9 Å². The van der Waals surface area contributed by atoms with Crippen LogP contribution in [0.5, 0.6) is 11.5 Å². The molecule has 1 aliphatic carbocycles. The molecule has 0 bridgehead atoms. The van der Waals surface area contributed by atoms with E-state index in [0.717, 1.165) is 56.0 Å². The number of ether oxygens (including phenoxy) is 4. The Balaban J connectivity index is 1.76. The summed E-state index contributed by atoms with van der Waals surface area (Å²) in [5.41, 5.74) is 2.47. The van der Waals surface area contributed by atoms with Gasteiger partial charge in [0.15, 0.2) is 5.79 Å². The molecule has 1 aromatic carbocycles. The van der Waals surface area contributed by atoms with Gasteiger partial charge in [-0.25, -0.2) is 0 Å². The lowest BCUT2D eigenvalue weighted by atomic mass is 9.88. The van der Waals surface area contributed by atoms with Gasteiger partial charge in [-0.1, -0.05) is 11.6 Å². The summed E-state index contributed by atoms with van der Waals surface area (Å²) in [4.78, 5) is 0. The van der Waals surface area contributed by atoms with Gasteiger partial charge in [-0.2, -0.15) is 0 Å². The second-order valence-electron chi connectivity index (χ2n) is 5.52. The van der Waals surface area contributed by atoms with E-state index >= 15 is 0 Å². The Labute approximate surface area is 125 Å². The number of rotatable bonds is 3. The van der Waals surface area contributed by atoms with E-state index in [1.54, 1.807) is 14.2 Å². The van der Waals surface area contributed by atoms with Crippen molar-refractivity contribution in [3.63, 3.8) is 0 Å². The Hall–Kier alpha value is -1.52. The molecule has 1 saturated carbocycles. The van der Waals surface area contributed by atoms with E-state index < -0.39 is 0 Å². The average Bonchev–Trinajstić information content (AvgIpc) is 2.98. The van der Waals surface area contributed by atoms with Gasteiger partial charge in [-0.05, 0) is 31.0 Å². The van der Waals surface area contributed by atoms with Crippen molar-refractivity contribution in [3.8, 4) is 11.5 Å². The number of methoxy groups -OCH3 is 2. The summed E-state index contributed by atoms with van der Waals surface area (Å²) in [5, 5.41) is 0. The maximum absolute atomic E-state index is 5.77. The summed E-state index contributed by atoms with van der Waals surface area (Å²) in [6, 6.07) is 5.87. The highest BCUT2D eigenvalue weighted by Crippen LogP contribution is 2.39. The lowest BCUT2D eigenvalue weighted by Gasteiger charge is -2.32. The Morgan fingerprint density at radius 2 is 1.76 bits per heavy atom. The van der Waals surface area contributed by atoms with Crippen LogP contribution in [-0.4, -0.2) is 33.2 Å². The lowest BCUT2D eigenvalue weighted by Crippen LogP contribution is -2.33. The Kier molecular flexibility index (Phi) is 4.17.